The third kappa shape index (κ3) is 20.9. The minimum absolute atomic E-state index is 0.0271. The van der Waals surface area contributed by atoms with E-state index in [1.807, 2.05) is 0 Å². The molecule has 27 heteroatoms. The molecule has 0 radical (unpaired) electrons. The Morgan fingerprint density at radius 2 is 0.724 bits per heavy atom. The molecule has 0 spiro atoms. The molecule has 0 aliphatic heterocycles. The first-order valence-electron chi connectivity index (χ1n) is 23.7. The summed E-state index contributed by atoms with van der Waals surface area (Å²) in [6.45, 7) is 11.0. The van der Waals surface area contributed by atoms with E-state index in [0.29, 0.717) is 11.1 Å². The Morgan fingerprint density at radius 1 is 0.421 bits per heavy atom. The normalized spacial score (nSPS) is 15.0. The number of halogens is 2. The Balaban J connectivity index is 2.19. The molecule has 14 N–H and O–H groups in total. The summed E-state index contributed by atoms with van der Waals surface area (Å²) >= 11 is 12.4. The zero-order valence-electron chi connectivity index (χ0n) is 43.0. The lowest BCUT2D eigenvalue weighted by molar-refractivity contribution is -0.137. The van der Waals surface area contributed by atoms with Crippen LogP contribution >= 0.6 is 23.2 Å². The predicted octanol–water partition coefficient (Wildman–Crippen LogP) is -2.17. The minimum atomic E-state index is -2.39. The summed E-state index contributed by atoms with van der Waals surface area (Å²) in [6, 6.07) is -0.224. The molecule has 2 aromatic rings. The van der Waals surface area contributed by atoms with Gasteiger partial charge in [-0.2, -0.15) is 0 Å². The Bertz CT molecular complexity index is 2330. The predicted molar refractivity (Wildman–Crippen MR) is 273 cm³/mol. The molecule has 0 aliphatic rings. The number of aromatic hydroxyl groups is 2. The lowest BCUT2D eigenvalue weighted by atomic mass is 9.96. The topological polar surface area (TPSA) is 411 Å². The maximum atomic E-state index is 13.6. The van der Waals surface area contributed by atoms with Gasteiger partial charge in [0.15, 0.2) is 28.1 Å². The number of rotatable bonds is 30. The smallest absolute Gasteiger partial charge is 0.243 e. The highest BCUT2D eigenvalue weighted by molar-refractivity contribution is 6.53. The second kappa shape index (κ2) is 30.0. The number of hydrogen-bond donors (Lipinski definition) is 12. The molecule has 2 aromatic carbocycles. The molecule has 416 valence electrons. The number of benzene rings is 2. The first-order valence-corrected chi connectivity index (χ1v) is 24.6. The Kier molecular flexibility index (Phi) is 25.5. The number of carbonyl (C=O) groups is 13. The van der Waals surface area contributed by atoms with E-state index >= 15 is 0 Å². The van der Waals surface area contributed by atoms with Crippen LogP contribution in [0.2, 0.25) is 0 Å². The Hall–Kier alpha value is -7.67. The molecule has 0 fully saturated rings. The number of phenols is 2. The number of ketones is 3. The first kappa shape index (κ1) is 64.4. The molecule has 0 bridgehead atoms. The summed E-state index contributed by atoms with van der Waals surface area (Å²) in [5.74, 6) is -14.6. The molecular formula is C49H66Cl2N10O15. The fourth-order valence-corrected chi connectivity index (χ4v) is 7.78. The summed E-state index contributed by atoms with van der Waals surface area (Å²) in [7, 11) is 0. The van der Waals surface area contributed by atoms with E-state index < -0.39 is 160 Å². The average Bonchev–Trinajstić information content (AvgIpc) is 3.32. The van der Waals surface area contributed by atoms with Gasteiger partial charge < -0.3 is 64.2 Å². The van der Waals surface area contributed by atoms with Crippen molar-refractivity contribution in [2.45, 2.75) is 140 Å². The molecule has 2 rings (SSSR count). The van der Waals surface area contributed by atoms with Gasteiger partial charge in [0.1, 0.15) is 47.8 Å². The average molecular weight is 1110 g/mol. The van der Waals surface area contributed by atoms with Crippen LogP contribution in [-0.4, -0.2) is 146 Å². The van der Waals surface area contributed by atoms with Gasteiger partial charge in [0, 0.05) is 26.7 Å². The van der Waals surface area contributed by atoms with Gasteiger partial charge in [-0.15, -0.1) is 23.2 Å². The van der Waals surface area contributed by atoms with Crippen LogP contribution in [-0.2, 0) is 75.2 Å². The molecule has 2 unspecified atom stereocenters. The summed E-state index contributed by atoms with van der Waals surface area (Å²) < 4.78 is 0. The van der Waals surface area contributed by atoms with Crippen LogP contribution in [0.5, 0.6) is 11.5 Å². The van der Waals surface area contributed by atoms with Crippen molar-refractivity contribution in [2.24, 2.45) is 23.3 Å². The van der Waals surface area contributed by atoms with Gasteiger partial charge in [0.05, 0.1) is 24.9 Å². The van der Waals surface area contributed by atoms with Gasteiger partial charge in [-0.3, -0.25) is 62.3 Å². The van der Waals surface area contributed by atoms with Crippen molar-refractivity contribution in [3.05, 3.63) is 59.7 Å². The number of alkyl halides is 2. The first-order chi connectivity index (χ1) is 35.3. The SMILES string of the molecule is CC(=O)N[C@@H](Cc1ccc(O)cc1)C(=O)N[C@H](C(=O)N[C@@H](C)C(=O)N[C@@H](CC(N)=O)C(=O)C(Cl)C(=O)C(Cl)C(=O)[C@H](CC(N)=O)NC(=O)[C@H](C)NC(=O)[C@@H](NC(=O)[C@H](Cc1ccc(O)cc1)NC(C)=O)C(C)C)C(C)C. The van der Waals surface area contributed by atoms with Crippen LogP contribution < -0.4 is 54.0 Å². The van der Waals surface area contributed by atoms with Crippen LogP contribution in [0.1, 0.15) is 79.4 Å². The number of Topliss-reactive ketones (excluding diaryl/α,β-unsaturated/α-hetero) is 3. The molecule has 76 heavy (non-hydrogen) atoms. The van der Waals surface area contributed by atoms with Gasteiger partial charge in [0.2, 0.25) is 59.1 Å². The van der Waals surface area contributed by atoms with Crippen molar-refractivity contribution in [2.75, 3.05) is 0 Å². The van der Waals surface area contributed by atoms with Crippen molar-refractivity contribution in [1.29, 1.82) is 0 Å². The van der Waals surface area contributed by atoms with Crippen LogP contribution in [0.3, 0.4) is 0 Å². The summed E-state index contributed by atoms with van der Waals surface area (Å²) in [5, 5.41) is 33.7. The molecule has 0 aliphatic carbocycles. The lowest BCUT2D eigenvalue weighted by Gasteiger charge is -2.27. The van der Waals surface area contributed by atoms with Gasteiger partial charge in [0.25, 0.3) is 0 Å². The quantitative estimate of drug-likeness (QED) is 0.0293. The molecular weight excluding hydrogens is 1040 g/mol. The third-order valence-electron chi connectivity index (χ3n) is 11.3. The maximum Gasteiger partial charge on any atom is 0.243 e. The van der Waals surface area contributed by atoms with Gasteiger partial charge in [-0.05, 0) is 61.1 Å². The number of hydrogen-bond acceptors (Lipinski definition) is 15. The van der Waals surface area contributed by atoms with E-state index in [4.69, 9.17) is 34.7 Å². The van der Waals surface area contributed by atoms with E-state index in [1.165, 1.54) is 76.2 Å². The fraction of sp³-hybridized carbons (Fsp3) is 0.490. The molecule has 0 heterocycles. The van der Waals surface area contributed by atoms with Crippen molar-refractivity contribution in [1.82, 2.24) is 42.5 Å². The summed E-state index contributed by atoms with van der Waals surface area (Å²) in [4.78, 5) is 169. The third-order valence-corrected chi connectivity index (χ3v) is 12.1. The van der Waals surface area contributed by atoms with Crippen molar-refractivity contribution >= 4 is 99.6 Å². The van der Waals surface area contributed by atoms with Gasteiger partial charge in [-0.1, -0.05) is 52.0 Å². The monoisotopic (exact) mass is 1100 g/mol. The molecule has 0 aromatic heterocycles. The van der Waals surface area contributed by atoms with E-state index in [1.54, 1.807) is 27.7 Å². The second-order valence-electron chi connectivity index (χ2n) is 18.6. The zero-order chi connectivity index (χ0) is 57.9. The number of carbonyl (C=O) groups excluding carboxylic acids is 13. The van der Waals surface area contributed by atoms with Crippen LogP contribution in [0.15, 0.2) is 48.5 Å². The highest BCUT2D eigenvalue weighted by Gasteiger charge is 2.42. The van der Waals surface area contributed by atoms with E-state index in [2.05, 4.69) is 42.5 Å². The molecule has 0 saturated heterocycles. The van der Waals surface area contributed by atoms with Gasteiger partial charge in [-0.25, -0.2) is 0 Å². The molecule has 10 amide bonds. The lowest BCUT2D eigenvalue weighted by Crippen LogP contribution is -2.59. The molecule has 10 atom stereocenters. The number of nitrogens with two attached hydrogens (primary N) is 2. The molecule has 25 nitrogen and oxygen atoms in total. The minimum Gasteiger partial charge on any atom is -0.508 e. The van der Waals surface area contributed by atoms with Crippen LogP contribution in [0.4, 0.5) is 0 Å². The molecule has 0 saturated carbocycles. The van der Waals surface area contributed by atoms with Crippen molar-refractivity contribution in [3.63, 3.8) is 0 Å². The van der Waals surface area contributed by atoms with Crippen LogP contribution in [0.25, 0.3) is 0 Å². The van der Waals surface area contributed by atoms with Gasteiger partial charge >= 0.3 is 0 Å². The maximum absolute atomic E-state index is 13.6. The largest absolute Gasteiger partial charge is 0.508 e. The summed E-state index contributed by atoms with van der Waals surface area (Å²) in [6.07, 6.45) is -1.97. The Morgan fingerprint density at radius 3 is 0.987 bits per heavy atom. The van der Waals surface area contributed by atoms with Crippen molar-refractivity contribution < 1.29 is 72.5 Å². The van der Waals surface area contributed by atoms with E-state index in [-0.39, 0.29) is 24.3 Å². The number of nitrogens with one attached hydrogen (secondary N) is 8. The van der Waals surface area contributed by atoms with E-state index in [0.717, 1.165) is 0 Å². The zero-order valence-corrected chi connectivity index (χ0v) is 44.5. The second-order valence-corrected chi connectivity index (χ2v) is 19.4. The Labute approximate surface area is 447 Å². The van der Waals surface area contributed by atoms with Crippen LogP contribution in [0, 0.1) is 11.8 Å². The standard InChI is InChI=1S/C49H66Cl2N10O15/c1-21(2)39(60-46(73)33(56-25(7)62)17-27-9-13-29(64)14-10-27)48(75)54-23(5)44(71)58-31(19-35(52)66)41(68)37(50)43(70)38(51)42(69)32(20-36(53)67)59-45(72)24(6)55-49(76)40(22(3)4)61-47(74)34(57-26(8)63)18-28-11-15-30(65)16-12-28/h9-16,21-24,31-34,37-40,64-65H,17-20H2,1-8H3,(H2,52,66)(H2,53,67)(H,54,75)(H,55,76)(H,56,62)(H,57,63)(H,58,71)(H,59,72)(H,60,73)(H,61,74)/t23-,24-,31-,32-,33-,34-,37?,38?,39-,40-/m0/s1. The highest BCUT2D eigenvalue weighted by atomic mass is 35.5. The summed E-state index contributed by atoms with van der Waals surface area (Å²) in [5.41, 5.74) is 11.8. The van der Waals surface area contributed by atoms with Crippen molar-refractivity contribution in [3.8, 4) is 11.5 Å². The highest BCUT2D eigenvalue weighted by Crippen LogP contribution is 2.17. The van der Waals surface area contributed by atoms with E-state index in [9.17, 15) is 72.5 Å². The number of amides is 10. The number of primary amides is 2. The fourth-order valence-electron chi connectivity index (χ4n) is 7.16. The number of phenolic OH excluding ortho intramolecular Hbond substituents is 2.